The van der Waals surface area contributed by atoms with Crippen LogP contribution in [0.2, 0.25) is 0 Å². The summed E-state index contributed by atoms with van der Waals surface area (Å²) >= 11 is 0. The summed E-state index contributed by atoms with van der Waals surface area (Å²) in [6.07, 6.45) is 2.98. The number of imide groups is 1. The largest absolute Gasteiger partial charge is 0.374 e. The SMILES string of the molecule is CCCN(CCC)C1CN(c2ccc(NC3CCC(=O)NC3=O)cc2F)C1. The summed E-state index contributed by atoms with van der Waals surface area (Å²) in [6.45, 7) is 8.24. The smallest absolute Gasteiger partial charge is 0.249 e. The zero-order chi connectivity index (χ0) is 19.4. The van der Waals surface area contributed by atoms with E-state index < -0.39 is 6.04 Å². The number of carbonyl (C=O) groups excluding carboxylic acids is 2. The highest BCUT2D eigenvalue weighted by Gasteiger charge is 2.32. The molecule has 3 rings (SSSR count). The Balaban J connectivity index is 1.58. The summed E-state index contributed by atoms with van der Waals surface area (Å²) in [5.41, 5.74) is 1.16. The molecule has 1 aromatic rings. The molecule has 0 saturated carbocycles. The Morgan fingerprint density at radius 1 is 1.22 bits per heavy atom. The van der Waals surface area contributed by atoms with Gasteiger partial charge in [-0.1, -0.05) is 13.8 Å². The molecule has 1 atom stereocenters. The Kier molecular flexibility index (Phi) is 6.31. The van der Waals surface area contributed by atoms with E-state index in [1.165, 1.54) is 6.07 Å². The molecule has 7 heteroatoms. The van der Waals surface area contributed by atoms with Gasteiger partial charge in [0.05, 0.1) is 5.69 Å². The number of carbonyl (C=O) groups is 2. The minimum atomic E-state index is -0.502. The van der Waals surface area contributed by atoms with E-state index in [1.807, 2.05) is 0 Å². The number of anilines is 2. The van der Waals surface area contributed by atoms with Gasteiger partial charge in [0, 0.05) is 31.2 Å². The first kappa shape index (κ1) is 19.6. The number of halogens is 1. The van der Waals surface area contributed by atoms with E-state index in [9.17, 15) is 14.0 Å². The average molecular weight is 376 g/mol. The Bertz CT molecular complexity index is 685. The molecule has 27 heavy (non-hydrogen) atoms. The molecule has 2 aliphatic heterocycles. The number of hydrogen-bond donors (Lipinski definition) is 2. The number of nitrogens with one attached hydrogen (secondary N) is 2. The van der Waals surface area contributed by atoms with Crippen molar-refractivity contribution in [2.45, 2.75) is 51.6 Å². The van der Waals surface area contributed by atoms with Gasteiger partial charge in [0.25, 0.3) is 0 Å². The van der Waals surface area contributed by atoms with E-state index in [1.54, 1.807) is 12.1 Å². The quantitative estimate of drug-likeness (QED) is 0.682. The van der Waals surface area contributed by atoms with Crippen LogP contribution in [0.5, 0.6) is 0 Å². The van der Waals surface area contributed by atoms with Gasteiger partial charge < -0.3 is 10.2 Å². The summed E-state index contributed by atoms with van der Waals surface area (Å²) in [6, 6.07) is 4.99. The molecule has 2 saturated heterocycles. The maximum atomic E-state index is 14.6. The van der Waals surface area contributed by atoms with E-state index >= 15 is 0 Å². The number of nitrogens with zero attached hydrogens (tertiary/aromatic N) is 2. The van der Waals surface area contributed by atoms with Crippen molar-refractivity contribution in [3.63, 3.8) is 0 Å². The van der Waals surface area contributed by atoms with Crippen molar-refractivity contribution in [3.05, 3.63) is 24.0 Å². The maximum absolute atomic E-state index is 14.6. The summed E-state index contributed by atoms with van der Waals surface area (Å²) < 4.78 is 14.6. The van der Waals surface area contributed by atoms with Crippen molar-refractivity contribution >= 4 is 23.2 Å². The lowest BCUT2D eigenvalue weighted by Crippen LogP contribution is -2.60. The number of piperidine rings is 1. The van der Waals surface area contributed by atoms with Crippen molar-refractivity contribution in [1.82, 2.24) is 10.2 Å². The van der Waals surface area contributed by atoms with Gasteiger partial charge >= 0.3 is 0 Å². The van der Waals surface area contributed by atoms with Crippen LogP contribution < -0.4 is 15.5 Å². The molecule has 2 fully saturated rings. The fourth-order valence-electron chi connectivity index (χ4n) is 3.82. The molecule has 148 valence electrons. The first-order valence-corrected chi connectivity index (χ1v) is 9.90. The van der Waals surface area contributed by atoms with Crippen LogP contribution in [-0.4, -0.2) is 55.0 Å². The highest BCUT2D eigenvalue weighted by atomic mass is 19.1. The fourth-order valence-corrected chi connectivity index (χ4v) is 3.82. The van der Waals surface area contributed by atoms with E-state index in [2.05, 4.69) is 34.3 Å². The van der Waals surface area contributed by atoms with Gasteiger partial charge in [0.15, 0.2) is 0 Å². The molecule has 0 aromatic heterocycles. The minimum Gasteiger partial charge on any atom is -0.374 e. The number of benzene rings is 1. The van der Waals surface area contributed by atoms with Crippen LogP contribution in [0.15, 0.2) is 18.2 Å². The minimum absolute atomic E-state index is 0.257. The topological polar surface area (TPSA) is 64.7 Å². The number of amides is 2. The second kappa shape index (κ2) is 8.69. The van der Waals surface area contributed by atoms with Gasteiger partial charge in [-0.15, -0.1) is 0 Å². The molecule has 0 radical (unpaired) electrons. The predicted octanol–water partition coefficient (Wildman–Crippen LogP) is 2.35. The van der Waals surface area contributed by atoms with Gasteiger partial charge in [-0.05, 0) is 50.6 Å². The molecule has 1 unspecified atom stereocenters. The van der Waals surface area contributed by atoms with E-state index in [4.69, 9.17) is 0 Å². The molecule has 2 aliphatic rings. The summed E-state index contributed by atoms with van der Waals surface area (Å²) in [4.78, 5) is 27.6. The Morgan fingerprint density at radius 3 is 2.52 bits per heavy atom. The third-order valence-electron chi connectivity index (χ3n) is 5.27. The first-order chi connectivity index (χ1) is 13.0. The summed E-state index contributed by atoms with van der Waals surface area (Å²) in [5.74, 6) is -0.899. The number of rotatable bonds is 8. The summed E-state index contributed by atoms with van der Waals surface area (Å²) in [7, 11) is 0. The molecule has 0 spiro atoms. The van der Waals surface area contributed by atoms with Crippen molar-refractivity contribution in [2.75, 3.05) is 36.4 Å². The fraction of sp³-hybridized carbons (Fsp3) is 0.600. The molecule has 2 heterocycles. The van der Waals surface area contributed by atoms with Crippen molar-refractivity contribution in [2.24, 2.45) is 0 Å². The second-order valence-electron chi connectivity index (χ2n) is 7.41. The average Bonchev–Trinajstić information content (AvgIpc) is 2.58. The Labute approximate surface area is 160 Å². The first-order valence-electron chi connectivity index (χ1n) is 9.90. The van der Waals surface area contributed by atoms with E-state index in [0.29, 0.717) is 30.3 Å². The lowest BCUT2D eigenvalue weighted by atomic mass is 10.0. The van der Waals surface area contributed by atoms with Crippen LogP contribution in [0, 0.1) is 5.82 Å². The Hall–Kier alpha value is -2.15. The van der Waals surface area contributed by atoms with Gasteiger partial charge in [-0.3, -0.25) is 19.8 Å². The molecule has 0 aliphatic carbocycles. The van der Waals surface area contributed by atoms with Crippen LogP contribution in [0.25, 0.3) is 0 Å². The Morgan fingerprint density at radius 2 is 1.93 bits per heavy atom. The van der Waals surface area contributed by atoms with Crippen molar-refractivity contribution in [3.8, 4) is 0 Å². The van der Waals surface area contributed by atoms with E-state index in [0.717, 1.165) is 39.0 Å². The molecule has 2 N–H and O–H groups in total. The van der Waals surface area contributed by atoms with Crippen molar-refractivity contribution < 1.29 is 14.0 Å². The lowest BCUT2D eigenvalue weighted by molar-refractivity contribution is -0.133. The molecule has 0 bridgehead atoms. The highest BCUT2D eigenvalue weighted by Crippen LogP contribution is 2.29. The monoisotopic (exact) mass is 376 g/mol. The van der Waals surface area contributed by atoms with Crippen LogP contribution >= 0.6 is 0 Å². The van der Waals surface area contributed by atoms with Crippen LogP contribution in [-0.2, 0) is 9.59 Å². The standard InChI is InChI=1S/C20H29FN4O2/c1-3-9-24(10-4-2)15-12-25(13-15)18-7-5-14(11-16(18)21)22-17-6-8-19(26)23-20(17)27/h5,7,11,15,17,22H,3-4,6,8-10,12-13H2,1-2H3,(H,23,26,27). The number of hydrogen-bond acceptors (Lipinski definition) is 5. The second-order valence-corrected chi connectivity index (χ2v) is 7.41. The van der Waals surface area contributed by atoms with Crippen molar-refractivity contribution in [1.29, 1.82) is 0 Å². The van der Waals surface area contributed by atoms with Crippen LogP contribution in [0.3, 0.4) is 0 Å². The third kappa shape index (κ3) is 4.58. The lowest BCUT2D eigenvalue weighted by Gasteiger charge is -2.47. The molecule has 6 nitrogen and oxygen atoms in total. The van der Waals surface area contributed by atoms with Gasteiger partial charge in [0.2, 0.25) is 11.8 Å². The summed E-state index contributed by atoms with van der Waals surface area (Å²) in [5, 5.41) is 5.32. The van der Waals surface area contributed by atoms with Gasteiger partial charge in [0.1, 0.15) is 11.9 Å². The van der Waals surface area contributed by atoms with Crippen LogP contribution in [0.1, 0.15) is 39.5 Å². The van der Waals surface area contributed by atoms with Crippen LogP contribution in [0.4, 0.5) is 15.8 Å². The third-order valence-corrected chi connectivity index (χ3v) is 5.27. The molecular formula is C20H29FN4O2. The zero-order valence-electron chi connectivity index (χ0n) is 16.1. The molecule has 2 amide bonds. The highest BCUT2D eigenvalue weighted by molar-refractivity contribution is 6.01. The molecule has 1 aromatic carbocycles. The normalized spacial score (nSPS) is 20.6. The molecular weight excluding hydrogens is 347 g/mol. The maximum Gasteiger partial charge on any atom is 0.249 e. The van der Waals surface area contributed by atoms with Gasteiger partial charge in [-0.25, -0.2) is 4.39 Å². The van der Waals surface area contributed by atoms with E-state index in [-0.39, 0.29) is 17.6 Å². The zero-order valence-corrected chi connectivity index (χ0v) is 16.1. The predicted molar refractivity (Wildman–Crippen MR) is 104 cm³/mol. The van der Waals surface area contributed by atoms with Gasteiger partial charge in [-0.2, -0.15) is 0 Å².